The first-order chi connectivity index (χ1) is 17.1. The molecule has 0 aliphatic carbocycles. The summed E-state index contributed by atoms with van der Waals surface area (Å²) in [5.74, 6) is 0.945. The molecule has 1 aliphatic heterocycles. The number of carbonyl (C=O) groups excluding carboxylic acids is 2. The lowest BCUT2D eigenvalue weighted by Gasteiger charge is -2.16. The molecule has 1 saturated heterocycles. The standard InChI is InChI=1S/C27H24N4O4/c1-34-23-12-10-19(11-13-23)25-29-27(35-30-25)20-8-5-9-22(14-20)28-26(33)21-15-24(32)31(17-21)16-18-6-3-2-4-7-18/h2-14,21H,15-17H2,1H3,(H,28,33)/t21-/m1/s1. The summed E-state index contributed by atoms with van der Waals surface area (Å²) in [5.41, 5.74) is 3.13. The molecule has 4 aromatic rings. The fraction of sp³-hybridized carbons (Fsp3) is 0.185. The lowest BCUT2D eigenvalue weighted by atomic mass is 10.1. The van der Waals surface area contributed by atoms with E-state index in [0.29, 0.717) is 36.1 Å². The number of nitrogens with zero attached hydrogens (tertiary/aromatic N) is 3. The van der Waals surface area contributed by atoms with Gasteiger partial charge in [0.15, 0.2) is 0 Å². The maximum Gasteiger partial charge on any atom is 0.258 e. The molecule has 0 bridgehead atoms. The van der Waals surface area contributed by atoms with Crippen LogP contribution in [0.25, 0.3) is 22.8 Å². The van der Waals surface area contributed by atoms with Crippen LogP contribution in [-0.4, -0.2) is 40.5 Å². The molecule has 0 unspecified atom stereocenters. The zero-order valence-electron chi connectivity index (χ0n) is 19.2. The first-order valence-electron chi connectivity index (χ1n) is 11.3. The number of ether oxygens (including phenoxy) is 1. The Morgan fingerprint density at radius 1 is 1.06 bits per heavy atom. The van der Waals surface area contributed by atoms with Crippen LogP contribution in [0.15, 0.2) is 83.4 Å². The van der Waals surface area contributed by atoms with Gasteiger partial charge in [-0.25, -0.2) is 0 Å². The molecule has 0 spiro atoms. The fourth-order valence-electron chi connectivity index (χ4n) is 4.08. The molecule has 1 fully saturated rings. The molecular weight excluding hydrogens is 444 g/mol. The predicted octanol–water partition coefficient (Wildman–Crippen LogP) is 4.40. The average molecular weight is 469 g/mol. The minimum absolute atomic E-state index is 0.0142. The van der Waals surface area contributed by atoms with Gasteiger partial charge >= 0.3 is 0 Å². The maximum absolute atomic E-state index is 12.9. The van der Waals surface area contributed by atoms with Crippen LogP contribution in [-0.2, 0) is 16.1 Å². The number of rotatable bonds is 7. The highest BCUT2D eigenvalue weighted by atomic mass is 16.5. The zero-order chi connectivity index (χ0) is 24.2. The molecule has 2 heterocycles. The second kappa shape index (κ2) is 9.80. The van der Waals surface area contributed by atoms with Crippen LogP contribution in [0, 0.1) is 5.92 Å². The van der Waals surface area contributed by atoms with E-state index in [-0.39, 0.29) is 18.2 Å². The van der Waals surface area contributed by atoms with Gasteiger partial charge in [0.2, 0.25) is 17.6 Å². The first-order valence-corrected chi connectivity index (χ1v) is 11.3. The molecule has 1 aromatic heterocycles. The molecule has 8 heteroatoms. The SMILES string of the molecule is COc1ccc(-c2noc(-c3cccc(NC(=O)[C@@H]4CC(=O)N(Cc5ccccc5)C4)c3)n2)cc1. The number of benzene rings is 3. The van der Waals surface area contributed by atoms with Crippen molar-refractivity contribution >= 4 is 17.5 Å². The molecule has 2 amide bonds. The van der Waals surface area contributed by atoms with Gasteiger partial charge in [-0.15, -0.1) is 0 Å². The van der Waals surface area contributed by atoms with E-state index in [1.165, 1.54) is 0 Å². The molecule has 8 nitrogen and oxygen atoms in total. The number of carbonyl (C=O) groups is 2. The third kappa shape index (κ3) is 5.06. The van der Waals surface area contributed by atoms with E-state index in [0.717, 1.165) is 16.9 Å². The quantitative estimate of drug-likeness (QED) is 0.432. The minimum atomic E-state index is -0.403. The highest BCUT2D eigenvalue weighted by molar-refractivity contribution is 5.97. The third-order valence-electron chi connectivity index (χ3n) is 5.95. The van der Waals surface area contributed by atoms with Crippen molar-refractivity contribution in [3.05, 3.63) is 84.4 Å². The van der Waals surface area contributed by atoms with E-state index < -0.39 is 5.92 Å². The molecule has 0 radical (unpaired) electrons. The van der Waals surface area contributed by atoms with Crippen molar-refractivity contribution in [3.8, 4) is 28.6 Å². The minimum Gasteiger partial charge on any atom is -0.497 e. The highest BCUT2D eigenvalue weighted by Gasteiger charge is 2.34. The van der Waals surface area contributed by atoms with Crippen molar-refractivity contribution in [3.63, 3.8) is 0 Å². The summed E-state index contributed by atoms with van der Waals surface area (Å²) in [6, 6.07) is 24.4. The van der Waals surface area contributed by atoms with Crippen LogP contribution >= 0.6 is 0 Å². The molecule has 1 aliphatic rings. The van der Waals surface area contributed by atoms with E-state index in [1.807, 2.05) is 66.7 Å². The molecular formula is C27H24N4O4. The molecule has 1 atom stereocenters. The van der Waals surface area contributed by atoms with Crippen molar-refractivity contribution in [2.75, 3.05) is 19.0 Å². The summed E-state index contributed by atoms with van der Waals surface area (Å²) < 4.78 is 10.6. The number of hydrogen-bond acceptors (Lipinski definition) is 6. The number of likely N-dealkylation sites (tertiary alicyclic amines) is 1. The number of aromatic nitrogens is 2. The summed E-state index contributed by atoms with van der Waals surface area (Å²) in [6.07, 6.45) is 0.202. The van der Waals surface area contributed by atoms with Gasteiger partial charge in [-0.3, -0.25) is 9.59 Å². The van der Waals surface area contributed by atoms with E-state index >= 15 is 0 Å². The second-order valence-corrected chi connectivity index (χ2v) is 8.38. The monoisotopic (exact) mass is 468 g/mol. The van der Waals surface area contributed by atoms with E-state index in [2.05, 4.69) is 15.5 Å². The van der Waals surface area contributed by atoms with Gasteiger partial charge in [0, 0.05) is 36.3 Å². The van der Waals surface area contributed by atoms with Crippen LogP contribution in [0.1, 0.15) is 12.0 Å². The smallest absolute Gasteiger partial charge is 0.258 e. The predicted molar refractivity (Wildman–Crippen MR) is 130 cm³/mol. The maximum atomic E-state index is 12.9. The number of amides is 2. The van der Waals surface area contributed by atoms with Crippen LogP contribution in [0.3, 0.4) is 0 Å². The summed E-state index contributed by atoms with van der Waals surface area (Å²) in [4.78, 5) is 31.6. The zero-order valence-corrected chi connectivity index (χ0v) is 19.2. The lowest BCUT2D eigenvalue weighted by molar-refractivity contribution is -0.128. The van der Waals surface area contributed by atoms with Crippen molar-refractivity contribution in [2.45, 2.75) is 13.0 Å². The van der Waals surface area contributed by atoms with Gasteiger partial charge in [-0.1, -0.05) is 41.6 Å². The Bertz CT molecular complexity index is 1330. The van der Waals surface area contributed by atoms with Crippen molar-refractivity contribution in [1.82, 2.24) is 15.0 Å². The van der Waals surface area contributed by atoms with Gasteiger partial charge in [0.25, 0.3) is 5.89 Å². The van der Waals surface area contributed by atoms with Gasteiger partial charge in [0.1, 0.15) is 5.75 Å². The molecule has 1 N–H and O–H groups in total. The Kier molecular flexibility index (Phi) is 6.26. The van der Waals surface area contributed by atoms with E-state index in [9.17, 15) is 9.59 Å². The van der Waals surface area contributed by atoms with Crippen LogP contribution in [0.5, 0.6) is 5.75 Å². The number of hydrogen-bond donors (Lipinski definition) is 1. The van der Waals surface area contributed by atoms with Gasteiger partial charge < -0.3 is 19.5 Å². The van der Waals surface area contributed by atoms with Crippen LogP contribution in [0.4, 0.5) is 5.69 Å². The van der Waals surface area contributed by atoms with Crippen molar-refractivity contribution in [2.24, 2.45) is 5.92 Å². The Morgan fingerprint density at radius 3 is 2.63 bits per heavy atom. The fourth-order valence-corrected chi connectivity index (χ4v) is 4.08. The highest BCUT2D eigenvalue weighted by Crippen LogP contribution is 2.27. The molecule has 0 saturated carbocycles. The molecule has 5 rings (SSSR count). The Morgan fingerprint density at radius 2 is 1.86 bits per heavy atom. The van der Waals surface area contributed by atoms with Crippen molar-refractivity contribution in [1.29, 1.82) is 0 Å². The Hall–Kier alpha value is -4.46. The van der Waals surface area contributed by atoms with E-state index in [4.69, 9.17) is 9.26 Å². The first kappa shape index (κ1) is 22.3. The topological polar surface area (TPSA) is 97.6 Å². The Labute approximate surface area is 202 Å². The lowest BCUT2D eigenvalue weighted by Crippen LogP contribution is -2.28. The summed E-state index contributed by atoms with van der Waals surface area (Å²) in [6.45, 7) is 0.904. The molecule has 176 valence electrons. The van der Waals surface area contributed by atoms with E-state index in [1.54, 1.807) is 24.1 Å². The Balaban J connectivity index is 1.24. The number of anilines is 1. The third-order valence-corrected chi connectivity index (χ3v) is 5.95. The van der Waals surface area contributed by atoms with Crippen molar-refractivity contribution < 1.29 is 18.8 Å². The van der Waals surface area contributed by atoms with Crippen LogP contribution < -0.4 is 10.1 Å². The normalized spacial score (nSPS) is 15.3. The summed E-state index contributed by atoms with van der Waals surface area (Å²) in [7, 11) is 1.61. The van der Waals surface area contributed by atoms with Gasteiger partial charge in [0.05, 0.1) is 13.0 Å². The second-order valence-electron chi connectivity index (χ2n) is 8.38. The van der Waals surface area contributed by atoms with Gasteiger partial charge in [-0.2, -0.15) is 4.98 Å². The number of nitrogens with one attached hydrogen (secondary N) is 1. The van der Waals surface area contributed by atoms with Gasteiger partial charge in [-0.05, 0) is 48.0 Å². The summed E-state index contributed by atoms with van der Waals surface area (Å²) >= 11 is 0. The molecule has 35 heavy (non-hydrogen) atoms. The number of methoxy groups -OCH3 is 1. The largest absolute Gasteiger partial charge is 0.497 e. The average Bonchev–Trinajstić information content (AvgIpc) is 3.52. The van der Waals surface area contributed by atoms with Crippen LogP contribution in [0.2, 0.25) is 0 Å². The summed E-state index contributed by atoms with van der Waals surface area (Å²) in [5, 5.41) is 6.99. The molecule has 3 aromatic carbocycles.